The highest BCUT2D eigenvalue weighted by atomic mass is 35.5. The Kier molecular flexibility index (Phi) is 5.85. The highest BCUT2D eigenvalue weighted by Crippen LogP contribution is 2.09. The third kappa shape index (κ3) is 5.82. The van der Waals surface area contributed by atoms with Crippen LogP contribution in [0.1, 0.15) is 26.0 Å². The first kappa shape index (κ1) is 14.7. The summed E-state index contributed by atoms with van der Waals surface area (Å²) in [6, 6.07) is 1.79. The van der Waals surface area contributed by atoms with Gasteiger partial charge in [-0.15, -0.1) is 0 Å². The van der Waals surface area contributed by atoms with Crippen LogP contribution in [-0.2, 0) is 4.79 Å². The fourth-order valence-electron chi connectivity index (χ4n) is 1.33. The Bertz CT molecular complexity index is 389. The first-order chi connectivity index (χ1) is 8.47. The van der Waals surface area contributed by atoms with Crippen molar-refractivity contribution in [1.82, 2.24) is 15.3 Å². The maximum Gasteiger partial charge on any atom is 0.224 e. The minimum atomic E-state index is 0.0353. The van der Waals surface area contributed by atoms with Crippen LogP contribution >= 0.6 is 11.6 Å². The summed E-state index contributed by atoms with van der Waals surface area (Å²) in [6.45, 7) is 7.19. The number of nitrogens with one attached hydrogen (secondary N) is 2. The van der Waals surface area contributed by atoms with Gasteiger partial charge in [0, 0.05) is 31.3 Å². The van der Waals surface area contributed by atoms with Crippen molar-refractivity contribution in [1.29, 1.82) is 0 Å². The number of anilines is 1. The second-order valence-corrected chi connectivity index (χ2v) is 4.88. The first-order valence-corrected chi connectivity index (χ1v) is 6.37. The van der Waals surface area contributed by atoms with E-state index in [1.165, 1.54) is 0 Å². The monoisotopic (exact) mass is 270 g/mol. The molecule has 1 heterocycles. The van der Waals surface area contributed by atoms with E-state index in [9.17, 15) is 4.79 Å². The van der Waals surface area contributed by atoms with Gasteiger partial charge in [-0.2, -0.15) is 0 Å². The minimum absolute atomic E-state index is 0.0353. The van der Waals surface area contributed by atoms with Gasteiger partial charge in [0.2, 0.25) is 11.2 Å². The lowest BCUT2D eigenvalue weighted by Gasteiger charge is -2.09. The summed E-state index contributed by atoms with van der Waals surface area (Å²) >= 11 is 5.73. The zero-order valence-corrected chi connectivity index (χ0v) is 11.7. The molecule has 0 aromatic carbocycles. The van der Waals surface area contributed by atoms with E-state index in [0.717, 1.165) is 5.69 Å². The summed E-state index contributed by atoms with van der Waals surface area (Å²) in [7, 11) is 0. The molecule has 5 nitrogen and oxygen atoms in total. The van der Waals surface area contributed by atoms with Crippen LogP contribution in [0.2, 0.25) is 5.28 Å². The van der Waals surface area contributed by atoms with E-state index in [0.29, 0.717) is 31.2 Å². The van der Waals surface area contributed by atoms with E-state index < -0.39 is 0 Å². The zero-order chi connectivity index (χ0) is 13.5. The predicted octanol–water partition coefficient (Wildman–Crippen LogP) is 2.01. The highest BCUT2D eigenvalue weighted by molar-refractivity contribution is 6.28. The topological polar surface area (TPSA) is 66.9 Å². The molecule has 0 radical (unpaired) electrons. The maximum absolute atomic E-state index is 11.5. The molecule has 0 fully saturated rings. The van der Waals surface area contributed by atoms with Crippen molar-refractivity contribution >= 4 is 23.3 Å². The highest BCUT2D eigenvalue weighted by Gasteiger charge is 2.03. The number of carbonyl (C=O) groups excluding carboxylic acids is 1. The lowest BCUT2D eigenvalue weighted by Crippen LogP contribution is -2.28. The molecule has 0 saturated heterocycles. The molecule has 0 aliphatic carbocycles. The number of halogens is 1. The SMILES string of the molecule is Cc1cc(NCCC(=O)NCC(C)C)nc(Cl)n1. The van der Waals surface area contributed by atoms with Gasteiger partial charge < -0.3 is 10.6 Å². The average molecular weight is 271 g/mol. The Hall–Kier alpha value is -1.36. The normalized spacial score (nSPS) is 10.5. The largest absolute Gasteiger partial charge is 0.369 e. The summed E-state index contributed by atoms with van der Waals surface area (Å²) in [5, 5.41) is 6.11. The summed E-state index contributed by atoms with van der Waals surface area (Å²) in [5.74, 6) is 1.14. The van der Waals surface area contributed by atoms with Crippen molar-refractivity contribution in [2.24, 2.45) is 5.92 Å². The molecule has 0 aliphatic rings. The molecule has 0 bridgehead atoms. The molecule has 0 spiro atoms. The third-order valence-corrected chi connectivity index (χ3v) is 2.36. The Labute approximate surface area is 112 Å². The fourth-order valence-corrected chi connectivity index (χ4v) is 1.56. The number of rotatable bonds is 6. The number of aryl methyl sites for hydroxylation is 1. The van der Waals surface area contributed by atoms with Crippen molar-refractivity contribution < 1.29 is 4.79 Å². The Morgan fingerprint density at radius 2 is 2.17 bits per heavy atom. The number of hydrogen-bond acceptors (Lipinski definition) is 4. The van der Waals surface area contributed by atoms with Crippen molar-refractivity contribution in [2.75, 3.05) is 18.4 Å². The molecule has 18 heavy (non-hydrogen) atoms. The summed E-state index contributed by atoms with van der Waals surface area (Å²) < 4.78 is 0. The molecule has 0 atom stereocenters. The summed E-state index contributed by atoms with van der Waals surface area (Å²) in [6.07, 6.45) is 0.410. The number of hydrogen-bond donors (Lipinski definition) is 2. The molecule has 1 amide bonds. The number of amides is 1. The number of aromatic nitrogens is 2. The van der Waals surface area contributed by atoms with Crippen LogP contribution in [0.15, 0.2) is 6.07 Å². The van der Waals surface area contributed by atoms with Crippen LogP contribution in [0.3, 0.4) is 0 Å². The molecule has 100 valence electrons. The van der Waals surface area contributed by atoms with Crippen molar-refractivity contribution in [3.8, 4) is 0 Å². The van der Waals surface area contributed by atoms with Crippen molar-refractivity contribution in [3.63, 3.8) is 0 Å². The van der Waals surface area contributed by atoms with Crippen LogP contribution in [0.5, 0.6) is 0 Å². The van der Waals surface area contributed by atoms with Crippen molar-refractivity contribution in [3.05, 3.63) is 17.0 Å². The molecule has 1 aromatic rings. The second-order valence-electron chi connectivity index (χ2n) is 4.54. The Morgan fingerprint density at radius 1 is 1.44 bits per heavy atom. The van der Waals surface area contributed by atoms with Gasteiger partial charge in [0.05, 0.1) is 0 Å². The van der Waals surface area contributed by atoms with Gasteiger partial charge in [-0.3, -0.25) is 4.79 Å². The minimum Gasteiger partial charge on any atom is -0.369 e. The zero-order valence-electron chi connectivity index (χ0n) is 11.0. The van der Waals surface area contributed by atoms with Gasteiger partial charge >= 0.3 is 0 Å². The van der Waals surface area contributed by atoms with Crippen LogP contribution < -0.4 is 10.6 Å². The molecule has 1 aromatic heterocycles. The molecular weight excluding hydrogens is 252 g/mol. The van der Waals surface area contributed by atoms with E-state index in [1.54, 1.807) is 6.07 Å². The van der Waals surface area contributed by atoms with Crippen LogP contribution in [0, 0.1) is 12.8 Å². The van der Waals surface area contributed by atoms with Crippen LogP contribution in [0.4, 0.5) is 5.82 Å². The maximum atomic E-state index is 11.5. The molecule has 1 rings (SSSR count). The lowest BCUT2D eigenvalue weighted by atomic mass is 10.2. The van der Waals surface area contributed by atoms with E-state index in [2.05, 4.69) is 34.4 Å². The van der Waals surface area contributed by atoms with Gasteiger partial charge in [0.15, 0.2) is 0 Å². The molecule has 0 saturated carbocycles. The fraction of sp³-hybridized carbons (Fsp3) is 0.583. The van der Waals surface area contributed by atoms with Gasteiger partial charge in [0.25, 0.3) is 0 Å². The van der Waals surface area contributed by atoms with E-state index in [4.69, 9.17) is 11.6 Å². The smallest absolute Gasteiger partial charge is 0.224 e. The second kappa shape index (κ2) is 7.16. The Morgan fingerprint density at radius 3 is 2.78 bits per heavy atom. The first-order valence-electron chi connectivity index (χ1n) is 5.99. The number of nitrogens with zero attached hydrogens (tertiary/aromatic N) is 2. The molecule has 0 unspecified atom stereocenters. The quantitative estimate of drug-likeness (QED) is 0.776. The Balaban J connectivity index is 2.30. The van der Waals surface area contributed by atoms with Crippen LogP contribution in [0.25, 0.3) is 0 Å². The van der Waals surface area contributed by atoms with E-state index >= 15 is 0 Å². The van der Waals surface area contributed by atoms with E-state index in [1.807, 2.05) is 6.92 Å². The van der Waals surface area contributed by atoms with Gasteiger partial charge in [-0.1, -0.05) is 13.8 Å². The van der Waals surface area contributed by atoms with Gasteiger partial charge in [0.1, 0.15) is 5.82 Å². The third-order valence-electron chi connectivity index (χ3n) is 2.19. The van der Waals surface area contributed by atoms with Crippen LogP contribution in [-0.4, -0.2) is 29.0 Å². The summed E-state index contributed by atoms with van der Waals surface area (Å²) in [4.78, 5) is 19.4. The predicted molar refractivity (Wildman–Crippen MR) is 72.7 cm³/mol. The average Bonchev–Trinajstić information content (AvgIpc) is 2.25. The number of carbonyl (C=O) groups is 1. The molecular formula is C12H19ClN4O. The van der Waals surface area contributed by atoms with Gasteiger partial charge in [-0.05, 0) is 24.4 Å². The van der Waals surface area contributed by atoms with E-state index in [-0.39, 0.29) is 11.2 Å². The standard InChI is InChI=1S/C12H19ClN4O/c1-8(2)7-15-11(18)4-5-14-10-6-9(3)16-12(13)17-10/h6,8H,4-5,7H2,1-3H3,(H,15,18)(H,14,16,17). The van der Waals surface area contributed by atoms with Crippen molar-refractivity contribution in [2.45, 2.75) is 27.2 Å². The molecule has 2 N–H and O–H groups in total. The summed E-state index contributed by atoms with van der Waals surface area (Å²) in [5.41, 5.74) is 0.793. The molecule has 0 aliphatic heterocycles. The molecule has 6 heteroatoms. The lowest BCUT2D eigenvalue weighted by molar-refractivity contribution is -0.120. The van der Waals surface area contributed by atoms with Gasteiger partial charge in [-0.25, -0.2) is 9.97 Å².